The Kier molecular flexibility index (Phi) is 3.94. The first kappa shape index (κ1) is 13.0. The van der Waals surface area contributed by atoms with Crippen LogP contribution in [0.15, 0.2) is 28.1 Å². The van der Waals surface area contributed by atoms with E-state index >= 15 is 0 Å². The van der Waals surface area contributed by atoms with Gasteiger partial charge < -0.3 is 5.32 Å². The molecule has 6 heteroatoms. The number of nitrogens with zero attached hydrogens (tertiary/aromatic N) is 1. The molecule has 0 atom stereocenters. The fraction of sp³-hybridized carbons (Fsp3) is 0.0833. The number of rotatable bonds is 3. The molecule has 0 aliphatic carbocycles. The molecule has 0 aliphatic rings. The van der Waals surface area contributed by atoms with E-state index in [-0.39, 0.29) is 11.3 Å². The van der Waals surface area contributed by atoms with E-state index in [1.807, 2.05) is 11.4 Å². The van der Waals surface area contributed by atoms with Gasteiger partial charge in [0, 0.05) is 9.35 Å². The fourth-order valence-corrected chi connectivity index (χ4v) is 2.86. The first-order valence-corrected chi connectivity index (χ1v) is 6.64. The first-order valence-electron chi connectivity index (χ1n) is 4.96. The molecule has 1 N–H and O–H groups in total. The highest BCUT2D eigenvalue weighted by atomic mass is 79.9. The third kappa shape index (κ3) is 2.68. The van der Waals surface area contributed by atoms with Crippen LogP contribution in [0, 0.1) is 23.0 Å². The molecule has 1 heterocycles. The monoisotopic (exact) mass is 328 g/mol. The molecule has 0 saturated carbocycles. The molecule has 0 bridgehead atoms. The molecule has 0 unspecified atom stereocenters. The Hall–Kier alpha value is -1.45. The zero-order chi connectivity index (χ0) is 13.1. The number of hydrogen-bond donors (Lipinski definition) is 1. The second kappa shape index (κ2) is 5.46. The lowest BCUT2D eigenvalue weighted by molar-refractivity contribution is 0.587. The quantitative estimate of drug-likeness (QED) is 0.913. The van der Waals surface area contributed by atoms with Crippen LogP contribution < -0.4 is 5.32 Å². The van der Waals surface area contributed by atoms with Gasteiger partial charge in [-0.25, -0.2) is 8.78 Å². The summed E-state index contributed by atoms with van der Waals surface area (Å²) < 4.78 is 28.0. The Bertz CT molecular complexity index is 596. The summed E-state index contributed by atoms with van der Waals surface area (Å²) in [7, 11) is 0. The highest BCUT2D eigenvalue weighted by molar-refractivity contribution is 9.10. The van der Waals surface area contributed by atoms with Gasteiger partial charge in [-0.05, 0) is 39.5 Å². The molecule has 2 aromatic rings. The summed E-state index contributed by atoms with van der Waals surface area (Å²) in [5.41, 5.74) is -0.248. The van der Waals surface area contributed by atoms with Crippen molar-refractivity contribution in [2.24, 2.45) is 0 Å². The molecular weight excluding hydrogens is 322 g/mol. The Labute approximate surface area is 115 Å². The molecule has 2 nitrogen and oxygen atoms in total. The maximum Gasteiger partial charge on any atom is 0.150 e. The Morgan fingerprint density at radius 3 is 2.50 bits per heavy atom. The van der Waals surface area contributed by atoms with E-state index in [4.69, 9.17) is 5.26 Å². The van der Waals surface area contributed by atoms with Gasteiger partial charge in [-0.2, -0.15) is 5.26 Å². The van der Waals surface area contributed by atoms with Crippen LogP contribution in [0.5, 0.6) is 0 Å². The summed E-state index contributed by atoms with van der Waals surface area (Å²) in [5, 5.41) is 13.2. The van der Waals surface area contributed by atoms with Gasteiger partial charge in [0.1, 0.15) is 5.69 Å². The van der Waals surface area contributed by atoms with Crippen molar-refractivity contribution in [3.05, 3.63) is 50.1 Å². The van der Waals surface area contributed by atoms with Crippen molar-refractivity contribution in [1.29, 1.82) is 5.26 Å². The van der Waals surface area contributed by atoms with Crippen LogP contribution in [-0.2, 0) is 6.54 Å². The molecule has 0 saturated heterocycles. The molecule has 0 amide bonds. The third-order valence-corrected chi connectivity index (χ3v) is 4.21. The van der Waals surface area contributed by atoms with Crippen LogP contribution in [0.25, 0.3) is 0 Å². The number of anilines is 1. The van der Waals surface area contributed by atoms with Crippen molar-refractivity contribution < 1.29 is 8.78 Å². The third-order valence-electron chi connectivity index (χ3n) is 2.29. The fourth-order valence-electron chi connectivity index (χ4n) is 1.43. The minimum Gasteiger partial charge on any atom is -0.375 e. The second-order valence-corrected chi connectivity index (χ2v) is 5.33. The van der Waals surface area contributed by atoms with E-state index < -0.39 is 11.6 Å². The average Bonchev–Trinajstić information content (AvgIpc) is 2.73. The molecular formula is C12H7BrF2N2S. The van der Waals surface area contributed by atoms with Crippen LogP contribution in [0.2, 0.25) is 0 Å². The van der Waals surface area contributed by atoms with Gasteiger partial charge >= 0.3 is 0 Å². The van der Waals surface area contributed by atoms with Crippen LogP contribution in [0.4, 0.5) is 14.5 Å². The lowest BCUT2D eigenvalue weighted by atomic mass is 10.2. The summed E-state index contributed by atoms with van der Waals surface area (Å²) in [5.74, 6) is -1.53. The summed E-state index contributed by atoms with van der Waals surface area (Å²) in [4.78, 5) is 0.943. The predicted molar refractivity (Wildman–Crippen MR) is 70.4 cm³/mol. The lowest BCUT2D eigenvalue weighted by Crippen LogP contribution is -2.03. The Balaban J connectivity index is 2.20. The van der Waals surface area contributed by atoms with Crippen molar-refractivity contribution in [3.63, 3.8) is 0 Å². The van der Waals surface area contributed by atoms with Gasteiger partial charge in [-0.3, -0.25) is 0 Å². The van der Waals surface area contributed by atoms with Crippen LogP contribution in [0.3, 0.4) is 0 Å². The van der Waals surface area contributed by atoms with E-state index in [2.05, 4.69) is 21.2 Å². The van der Waals surface area contributed by atoms with Crippen molar-refractivity contribution in [2.45, 2.75) is 6.54 Å². The van der Waals surface area contributed by atoms with Gasteiger partial charge in [0.05, 0.1) is 18.2 Å². The zero-order valence-corrected chi connectivity index (χ0v) is 11.4. The molecule has 2 rings (SSSR count). The minimum absolute atomic E-state index is 0.0344. The highest BCUT2D eigenvalue weighted by Crippen LogP contribution is 2.26. The summed E-state index contributed by atoms with van der Waals surface area (Å²) in [6.07, 6.45) is 0. The van der Waals surface area contributed by atoms with E-state index in [1.54, 1.807) is 6.07 Å². The van der Waals surface area contributed by atoms with Crippen molar-refractivity contribution >= 4 is 33.0 Å². The Morgan fingerprint density at radius 1 is 1.33 bits per heavy atom. The SMILES string of the molecule is N#Cc1cc(F)c(NCc2sccc2Br)c(F)c1. The summed E-state index contributed by atoms with van der Waals surface area (Å²) in [6, 6.07) is 5.59. The van der Waals surface area contributed by atoms with Crippen LogP contribution in [-0.4, -0.2) is 0 Å². The second-order valence-electron chi connectivity index (χ2n) is 3.47. The predicted octanol–water partition coefficient (Wildman–Crippen LogP) is 4.27. The van der Waals surface area contributed by atoms with Gasteiger partial charge in [0.25, 0.3) is 0 Å². The lowest BCUT2D eigenvalue weighted by Gasteiger charge is -2.08. The van der Waals surface area contributed by atoms with Gasteiger partial charge in [-0.15, -0.1) is 11.3 Å². The van der Waals surface area contributed by atoms with Gasteiger partial charge in [0.2, 0.25) is 0 Å². The van der Waals surface area contributed by atoms with Crippen LogP contribution in [0.1, 0.15) is 10.4 Å². The van der Waals surface area contributed by atoms with Crippen molar-refractivity contribution in [2.75, 3.05) is 5.32 Å². The van der Waals surface area contributed by atoms with Crippen molar-refractivity contribution in [1.82, 2.24) is 0 Å². The van der Waals surface area contributed by atoms with Gasteiger partial charge in [-0.1, -0.05) is 0 Å². The largest absolute Gasteiger partial charge is 0.375 e. The minimum atomic E-state index is -0.765. The van der Waals surface area contributed by atoms with E-state index in [0.29, 0.717) is 6.54 Å². The molecule has 0 spiro atoms. The molecule has 0 fully saturated rings. The number of halogens is 3. The van der Waals surface area contributed by atoms with E-state index in [1.165, 1.54) is 11.3 Å². The topological polar surface area (TPSA) is 35.8 Å². The van der Waals surface area contributed by atoms with E-state index in [9.17, 15) is 8.78 Å². The number of thiophene rings is 1. The molecule has 0 aliphatic heterocycles. The normalized spacial score (nSPS) is 10.1. The van der Waals surface area contributed by atoms with Crippen LogP contribution >= 0.6 is 27.3 Å². The number of hydrogen-bond acceptors (Lipinski definition) is 3. The molecule has 1 aromatic carbocycles. The number of benzene rings is 1. The number of nitriles is 1. The summed E-state index contributed by atoms with van der Waals surface area (Å²) >= 11 is 4.82. The molecule has 18 heavy (non-hydrogen) atoms. The first-order chi connectivity index (χ1) is 8.61. The van der Waals surface area contributed by atoms with Crippen molar-refractivity contribution in [3.8, 4) is 6.07 Å². The molecule has 0 radical (unpaired) electrons. The zero-order valence-electron chi connectivity index (χ0n) is 9.01. The Morgan fingerprint density at radius 2 is 2.00 bits per heavy atom. The molecule has 92 valence electrons. The van der Waals surface area contributed by atoms with E-state index in [0.717, 1.165) is 21.5 Å². The average molecular weight is 329 g/mol. The molecule has 1 aromatic heterocycles. The highest BCUT2D eigenvalue weighted by Gasteiger charge is 2.11. The van der Waals surface area contributed by atoms with Gasteiger partial charge in [0.15, 0.2) is 11.6 Å². The maximum absolute atomic E-state index is 13.6. The standard InChI is InChI=1S/C12H7BrF2N2S/c13-8-1-2-18-11(8)6-17-12-9(14)3-7(5-16)4-10(12)15/h1-4,17H,6H2. The smallest absolute Gasteiger partial charge is 0.150 e. The summed E-state index contributed by atoms with van der Waals surface area (Å²) in [6.45, 7) is 0.317. The number of nitrogens with one attached hydrogen (secondary N) is 1. The maximum atomic E-state index is 13.6.